The zero-order valence-corrected chi connectivity index (χ0v) is 22.7. The Kier molecular flexibility index (Phi) is 8.66. The van der Waals surface area contributed by atoms with Crippen molar-refractivity contribution in [3.05, 3.63) is 110 Å². The van der Waals surface area contributed by atoms with Gasteiger partial charge in [0.05, 0.1) is 21.9 Å². The van der Waals surface area contributed by atoms with E-state index in [1.807, 2.05) is 0 Å². The number of allylic oxidation sites excluding steroid dienone is 2. The summed E-state index contributed by atoms with van der Waals surface area (Å²) in [7, 11) is -1.66. The van der Waals surface area contributed by atoms with Crippen molar-refractivity contribution in [2.75, 3.05) is 6.26 Å². The number of aromatic nitrogens is 2. The monoisotopic (exact) mass is 577 g/mol. The van der Waals surface area contributed by atoms with Gasteiger partial charge in [0.15, 0.2) is 5.83 Å². The van der Waals surface area contributed by atoms with Crippen molar-refractivity contribution < 1.29 is 21.8 Å². The maximum Gasteiger partial charge on any atom is 0.280 e. The Balaban J connectivity index is 1.71. The van der Waals surface area contributed by atoms with Gasteiger partial charge in [0, 0.05) is 35.3 Å². The molecule has 0 radical (unpaired) electrons. The van der Waals surface area contributed by atoms with E-state index < -0.39 is 40.1 Å². The van der Waals surface area contributed by atoms with Crippen molar-refractivity contribution in [1.82, 2.24) is 9.55 Å². The lowest BCUT2D eigenvalue weighted by atomic mass is 10.1. The third kappa shape index (κ3) is 5.96. The van der Waals surface area contributed by atoms with Crippen LogP contribution in [0, 0.1) is 12.7 Å². The highest BCUT2D eigenvalue weighted by molar-refractivity contribution is 7.84. The zero-order valence-electron chi connectivity index (χ0n) is 21.2. The molecule has 1 aliphatic rings. The number of hydrogen-bond acceptors (Lipinski definition) is 4. The first-order valence-electron chi connectivity index (χ1n) is 11.9. The highest BCUT2D eigenvalue weighted by Gasteiger charge is 2.42. The van der Waals surface area contributed by atoms with Gasteiger partial charge in [-0.3, -0.25) is 23.5 Å². The van der Waals surface area contributed by atoms with Crippen LogP contribution in [0.15, 0.2) is 75.2 Å². The molecule has 1 saturated carbocycles. The van der Waals surface area contributed by atoms with Gasteiger partial charge in [-0.05, 0) is 62.1 Å². The number of alkyl halides is 2. The third-order valence-electron chi connectivity index (χ3n) is 6.34. The second-order valence-corrected chi connectivity index (χ2v) is 10.7. The Morgan fingerprint density at radius 1 is 1.23 bits per heavy atom. The molecule has 1 fully saturated rings. The van der Waals surface area contributed by atoms with Gasteiger partial charge in [0.2, 0.25) is 0 Å². The molecule has 39 heavy (non-hydrogen) atoms. The van der Waals surface area contributed by atoms with Gasteiger partial charge in [-0.15, -0.1) is 0 Å². The van der Waals surface area contributed by atoms with Gasteiger partial charge in [0.25, 0.3) is 12.0 Å². The highest BCUT2D eigenvalue weighted by Crippen LogP contribution is 2.55. The van der Waals surface area contributed by atoms with E-state index in [0.29, 0.717) is 23.4 Å². The molecule has 0 aliphatic heterocycles. The molecule has 11 heteroatoms. The van der Waals surface area contributed by atoms with Gasteiger partial charge in [-0.25, -0.2) is 17.6 Å². The molecule has 0 saturated heterocycles. The van der Waals surface area contributed by atoms with Gasteiger partial charge < -0.3 is 0 Å². The lowest BCUT2D eigenvalue weighted by Crippen LogP contribution is -2.21. The molecule has 5 nitrogen and oxygen atoms in total. The molecule has 3 atom stereocenters. The number of aryl methyl sites for hydroxylation is 1. The summed E-state index contributed by atoms with van der Waals surface area (Å²) in [6, 6.07) is 10.1. The molecular weight excluding hydrogens is 554 g/mol. The minimum Gasteiger partial charge on any atom is -0.284 e. The largest absolute Gasteiger partial charge is 0.284 e. The molecule has 0 bridgehead atoms. The fraction of sp³-hybridized carbons (Fsp3) is 0.250. The second kappa shape index (κ2) is 11.8. The fourth-order valence-corrected chi connectivity index (χ4v) is 5.26. The Hall–Kier alpha value is -3.37. The normalized spacial score (nSPS) is 18.7. The second-order valence-electron chi connectivity index (χ2n) is 8.98. The Bertz CT molecular complexity index is 1600. The zero-order chi connectivity index (χ0) is 28.4. The summed E-state index contributed by atoms with van der Waals surface area (Å²) < 4.78 is 69.7. The summed E-state index contributed by atoms with van der Waals surface area (Å²) in [6.07, 6.45) is 2.85. The minimum absolute atomic E-state index is 0.109. The van der Waals surface area contributed by atoms with Crippen molar-refractivity contribution in [2.24, 2.45) is 4.99 Å². The summed E-state index contributed by atoms with van der Waals surface area (Å²) >= 11 is 6.42. The first kappa shape index (κ1) is 28.6. The van der Waals surface area contributed by atoms with Crippen LogP contribution in [0.3, 0.4) is 0 Å². The molecule has 2 heterocycles. The van der Waals surface area contributed by atoms with Gasteiger partial charge in [-0.2, -0.15) is 0 Å². The fourth-order valence-electron chi connectivity index (χ4n) is 4.34. The van der Waals surface area contributed by atoms with Crippen LogP contribution < -0.4 is 5.56 Å². The van der Waals surface area contributed by atoms with Gasteiger partial charge >= 0.3 is 0 Å². The summed E-state index contributed by atoms with van der Waals surface area (Å²) in [5.41, 5.74) is -0.271. The van der Waals surface area contributed by atoms with Crippen LogP contribution in [-0.4, -0.2) is 25.7 Å². The maximum atomic E-state index is 15.6. The van der Waals surface area contributed by atoms with Crippen molar-refractivity contribution in [1.29, 1.82) is 0 Å². The average Bonchev–Trinajstić information content (AvgIpc) is 3.70. The molecule has 204 valence electrons. The predicted molar refractivity (Wildman–Crippen MR) is 145 cm³/mol. The maximum absolute atomic E-state index is 15.6. The molecule has 1 aliphatic carbocycles. The van der Waals surface area contributed by atoms with E-state index >= 15 is 8.78 Å². The van der Waals surface area contributed by atoms with Crippen LogP contribution in [0.4, 0.5) is 17.6 Å². The first-order chi connectivity index (χ1) is 18.5. The van der Waals surface area contributed by atoms with E-state index in [2.05, 4.69) is 9.98 Å². The van der Waals surface area contributed by atoms with E-state index in [9.17, 15) is 17.8 Å². The predicted octanol–water partition coefficient (Wildman–Crippen LogP) is 7.08. The molecule has 0 N–H and O–H groups in total. The Morgan fingerprint density at radius 3 is 2.62 bits per heavy atom. The van der Waals surface area contributed by atoms with E-state index in [4.69, 9.17) is 11.6 Å². The first-order valence-corrected chi connectivity index (χ1v) is 13.8. The van der Waals surface area contributed by atoms with Gasteiger partial charge in [-0.1, -0.05) is 29.8 Å². The SMILES string of the molecule is C/C=C/N=C(/C(F)=C/n1c(C)cc(C2CC2c2cccc(C(F)F)n2)c(Cl)c1=O)c1cccc(S(C)=O)c1F. The molecule has 4 rings (SSSR count). The van der Waals surface area contributed by atoms with Crippen molar-refractivity contribution in [2.45, 2.75) is 43.4 Å². The highest BCUT2D eigenvalue weighted by atomic mass is 35.5. The molecule has 3 unspecified atom stereocenters. The minimum atomic E-state index is -2.69. The third-order valence-corrected chi connectivity index (χ3v) is 7.65. The summed E-state index contributed by atoms with van der Waals surface area (Å²) in [6.45, 7) is 3.23. The molecular formula is C28H24ClF4N3O2S. The van der Waals surface area contributed by atoms with E-state index in [1.54, 1.807) is 26.0 Å². The topological polar surface area (TPSA) is 64.3 Å². The quantitative estimate of drug-likeness (QED) is 0.212. The number of nitrogens with zero attached hydrogens (tertiary/aromatic N) is 3. The van der Waals surface area contributed by atoms with Crippen molar-refractivity contribution >= 4 is 34.3 Å². The van der Waals surface area contributed by atoms with Crippen LogP contribution in [0.25, 0.3) is 6.20 Å². The lowest BCUT2D eigenvalue weighted by Gasteiger charge is -2.12. The van der Waals surface area contributed by atoms with Crippen LogP contribution in [0.2, 0.25) is 5.02 Å². The number of hydrogen-bond donors (Lipinski definition) is 0. The smallest absolute Gasteiger partial charge is 0.280 e. The standard InChI is InChI=1S/C28H24ClF4N3O2S/c1-4-11-34-26(16-7-5-10-23(25(16)31)39(3)38)20(30)14-36-15(2)12-19(24(29)28(36)37)17-13-18(17)21-8-6-9-22(35-21)27(32)33/h4-12,14,17-18,27H,13H2,1-3H3/b11-4+,20-14-,34-26+. The lowest BCUT2D eigenvalue weighted by molar-refractivity contribution is 0.146. The molecule has 0 spiro atoms. The number of pyridine rings is 2. The van der Waals surface area contributed by atoms with Crippen LogP contribution in [0.1, 0.15) is 59.8 Å². The Labute approximate surface area is 230 Å². The molecule has 1 aromatic carbocycles. The van der Waals surface area contributed by atoms with Crippen molar-refractivity contribution in [3.63, 3.8) is 0 Å². The molecule has 0 amide bonds. The van der Waals surface area contributed by atoms with Crippen LogP contribution in [-0.2, 0) is 10.8 Å². The van der Waals surface area contributed by atoms with Crippen molar-refractivity contribution in [3.8, 4) is 0 Å². The van der Waals surface area contributed by atoms with E-state index in [-0.39, 0.29) is 33.0 Å². The number of halogens is 5. The Morgan fingerprint density at radius 2 is 1.95 bits per heavy atom. The van der Waals surface area contributed by atoms with Crippen LogP contribution >= 0.6 is 11.6 Å². The van der Waals surface area contributed by atoms with E-state index in [1.165, 1.54) is 48.9 Å². The summed E-state index contributed by atoms with van der Waals surface area (Å²) in [4.78, 5) is 21.1. The number of benzene rings is 1. The molecule has 3 aromatic rings. The average molecular weight is 578 g/mol. The number of rotatable bonds is 8. The van der Waals surface area contributed by atoms with Crippen LogP contribution in [0.5, 0.6) is 0 Å². The molecule has 2 aromatic heterocycles. The van der Waals surface area contributed by atoms with E-state index in [0.717, 1.165) is 10.8 Å². The summed E-state index contributed by atoms with van der Waals surface area (Å²) in [5, 5.41) is -0.135. The number of aliphatic imine (C=N–C) groups is 1. The van der Waals surface area contributed by atoms with Gasteiger partial charge in [0.1, 0.15) is 22.2 Å². The summed E-state index contributed by atoms with van der Waals surface area (Å²) in [5.74, 6) is -2.28.